The maximum Gasteiger partial charge on any atom is 0.183 e. The fraction of sp³-hybridized carbons (Fsp3) is 0.625. The minimum absolute atomic E-state index is 0.147. The lowest BCUT2D eigenvalue weighted by atomic mass is 10.2. The van der Waals surface area contributed by atoms with Gasteiger partial charge in [-0.05, 0) is 24.1 Å². The van der Waals surface area contributed by atoms with E-state index in [9.17, 15) is 16.8 Å². The molecule has 1 fully saturated rings. The van der Waals surface area contributed by atoms with Crippen molar-refractivity contribution in [3.8, 4) is 0 Å². The van der Waals surface area contributed by atoms with Crippen molar-refractivity contribution in [2.24, 2.45) is 0 Å². The molecule has 0 amide bonds. The van der Waals surface area contributed by atoms with Gasteiger partial charge in [0, 0.05) is 26.8 Å². The van der Waals surface area contributed by atoms with Crippen molar-refractivity contribution in [3.63, 3.8) is 0 Å². The molecule has 9 heteroatoms. The summed E-state index contributed by atoms with van der Waals surface area (Å²) in [5.74, 6) is -0.600. The van der Waals surface area contributed by atoms with Crippen molar-refractivity contribution in [2.75, 3.05) is 32.3 Å². The van der Waals surface area contributed by atoms with Crippen LogP contribution in [0, 0.1) is 0 Å². The summed E-state index contributed by atoms with van der Waals surface area (Å²) in [6.07, 6.45) is 0.230. The number of methoxy groups -OCH3 is 2. The maximum atomic E-state index is 12.9. The molecule has 2 rings (SSSR count). The molecule has 0 spiro atoms. The van der Waals surface area contributed by atoms with Crippen LogP contribution in [0.25, 0.3) is 0 Å². The monoisotopic (exact) mass is 391 g/mol. The Labute approximate surface area is 149 Å². The standard InChI is InChI=1S/C16H25NO6S2/c1-4-12-5-7-13(8-6-12)25(20,21)15-11-24(18,19)10-14(15)17-9-16(22-2)23-3/h5-8,14-17H,4,9-11H2,1-3H3/t14-,15-/m0/s1. The third kappa shape index (κ3) is 4.79. The van der Waals surface area contributed by atoms with E-state index >= 15 is 0 Å². The highest BCUT2D eigenvalue weighted by molar-refractivity contribution is 7.96. The summed E-state index contributed by atoms with van der Waals surface area (Å²) in [6, 6.07) is 5.90. The molecule has 25 heavy (non-hydrogen) atoms. The minimum atomic E-state index is -3.77. The molecule has 1 aliphatic rings. The van der Waals surface area contributed by atoms with Crippen molar-refractivity contribution in [1.29, 1.82) is 0 Å². The van der Waals surface area contributed by atoms with Crippen molar-refractivity contribution < 1.29 is 26.3 Å². The summed E-state index contributed by atoms with van der Waals surface area (Å²) in [4.78, 5) is 0.147. The summed E-state index contributed by atoms with van der Waals surface area (Å²) < 4.78 is 60.1. The van der Waals surface area contributed by atoms with Gasteiger partial charge in [0.25, 0.3) is 0 Å². The van der Waals surface area contributed by atoms with Crippen molar-refractivity contribution in [2.45, 2.75) is 35.8 Å². The topological polar surface area (TPSA) is 98.8 Å². The van der Waals surface area contributed by atoms with Gasteiger partial charge in [-0.15, -0.1) is 0 Å². The zero-order valence-corrected chi connectivity index (χ0v) is 16.3. The molecule has 0 radical (unpaired) electrons. The van der Waals surface area contributed by atoms with Crippen LogP contribution >= 0.6 is 0 Å². The van der Waals surface area contributed by atoms with E-state index < -0.39 is 37.3 Å². The van der Waals surface area contributed by atoms with Gasteiger partial charge >= 0.3 is 0 Å². The van der Waals surface area contributed by atoms with Crippen LogP contribution in [0.4, 0.5) is 0 Å². The average Bonchev–Trinajstić information content (AvgIpc) is 2.91. The largest absolute Gasteiger partial charge is 0.355 e. The number of nitrogens with one attached hydrogen (secondary N) is 1. The van der Waals surface area contributed by atoms with Gasteiger partial charge in [-0.25, -0.2) is 16.8 Å². The van der Waals surface area contributed by atoms with E-state index in [1.165, 1.54) is 14.2 Å². The van der Waals surface area contributed by atoms with Gasteiger partial charge < -0.3 is 14.8 Å². The zero-order chi connectivity index (χ0) is 18.7. The van der Waals surface area contributed by atoms with Gasteiger partial charge in [0.05, 0.1) is 21.7 Å². The molecule has 1 aromatic carbocycles. The molecule has 142 valence electrons. The number of ether oxygens (including phenoxy) is 2. The molecule has 1 heterocycles. The highest BCUT2D eigenvalue weighted by Crippen LogP contribution is 2.26. The first-order valence-corrected chi connectivity index (χ1v) is 11.4. The lowest BCUT2D eigenvalue weighted by Crippen LogP contribution is -2.46. The van der Waals surface area contributed by atoms with Crippen LogP contribution in [0.1, 0.15) is 12.5 Å². The second kappa shape index (κ2) is 8.13. The molecule has 1 N–H and O–H groups in total. The molecule has 0 bridgehead atoms. The van der Waals surface area contributed by atoms with E-state index in [1.54, 1.807) is 24.3 Å². The predicted octanol–water partition coefficient (Wildman–Crippen LogP) is 0.397. The fourth-order valence-electron chi connectivity index (χ4n) is 2.91. The molecule has 7 nitrogen and oxygen atoms in total. The molecule has 0 saturated carbocycles. The van der Waals surface area contributed by atoms with Crippen molar-refractivity contribution in [3.05, 3.63) is 29.8 Å². The third-order valence-corrected chi connectivity index (χ3v) is 8.60. The van der Waals surface area contributed by atoms with Crippen LogP contribution in [0.2, 0.25) is 0 Å². The minimum Gasteiger partial charge on any atom is -0.355 e. The zero-order valence-electron chi connectivity index (χ0n) is 14.6. The number of hydrogen-bond donors (Lipinski definition) is 1. The number of rotatable bonds is 8. The predicted molar refractivity (Wildman–Crippen MR) is 95.0 cm³/mol. The molecule has 1 aliphatic heterocycles. The van der Waals surface area contributed by atoms with E-state index in [-0.39, 0.29) is 22.9 Å². The number of benzene rings is 1. The van der Waals surface area contributed by atoms with Crippen molar-refractivity contribution in [1.82, 2.24) is 5.32 Å². The summed E-state index contributed by atoms with van der Waals surface area (Å²) in [7, 11) is -4.28. The molecule has 1 saturated heterocycles. The van der Waals surface area contributed by atoms with Crippen LogP contribution in [0.5, 0.6) is 0 Å². The summed E-state index contributed by atoms with van der Waals surface area (Å²) in [6.45, 7) is 2.18. The first-order chi connectivity index (χ1) is 11.7. The van der Waals surface area contributed by atoms with Crippen LogP contribution < -0.4 is 5.32 Å². The van der Waals surface area contributed by atoms with E-state index in [0.29, 0.717) is 0 Å². The Balaban J connectivity index is 2.25. The second-order valence-electron chi connectivity index (χ2n) is 6.07. The Morgan fingerprint density at radius 2 is 1.76 bits per heavy atom. The van der Waals surface area contributed by atoms with E-state index in [1.807, 2.05) is 6.92 Å². The summed E-state index contributed by atoms with van der Waals surface area (Å²) >= 11 is 0. The Hall–Kier alpha value is -1.00. The molecule has 0 unspecified atom stereocenters. The molecular weight excluding hydrogens is 366 g/mol. The van der Waals surface area contributed by atoms with Gasteiger partial charge in [-0.2, -0.15) is 0 Å². The third-order valence-electron chi connectivity index (χ3n) is 4.43. The second-order valence-corrected chi connectivity index (χ2v) is 10.4. The van der Waals surface area contributed by atoms with Gasteiger partial charge in [-0.1, -0.05) is 19.1 Å². The van der Waals surface area contributed by atoms with Crippen LogP contribution in [0.3, 0.4) is 0 Å². The molecule has 2 atom stereocenters. The summed E-state index contributed by atoms with van der Waals surface area (Å²) in [5, 5.41) is 1.95. The van der Waals surface area contributed by atoms with Gasteiger partial charge in [-0.3, -0.25) is 0 Å². The fourth-order valence-corrected chi connectivity index (χ4v) is 7.63. The van der Waals surface area contributed by atoms with Crippen LogP contribution in [0.15, 0.2) is 29.2 Å². The van der Waals surface area contributed by atoms with Crippen LogP contribution in [-0.2, 0) is 35.6 Å². The van der Waals surface area contributed by atoms with E-state index in [0.717, 1.165) is 12.0 Å². The van der Waals surface area contributed by atoms with Gasteiger partial charge in [0.2, 0.25) is 0 Å². The Morgan fingerprint density at radius 1 is 1.16 bits per heavy atom. The maximum absolute atomic E-state index is 12.9. The van der Waals surface area contributed by atoms with Crippen LogP contribution in [-0.4, -0.2) is 66.7 Å². The lowest BCUT2D eigenvalue weighted by Gasteiger charge is -2.22. The smallest absolute Gasteiger partial charge is 0.183 e. The molecular formula is C16H25NO6S2. The first kappa shape index (κ1) is 20.3. The number of hydrogen-bond acceptors (Lipinski definition) is 7. The SMILES string of the molecule is CCc1ccc(S(=O)(=O)[C@H]2CS(=O)(=O)C[C@@H]2NCC(OC)OC)cc1. The Morgan fingerprint density at radius 3 is 2.28 bits per heavy atom. The normalized spacial score (nSPS) is 23.2. The van der Waals surface area contributed by atoms with E-state index in [2.05, 4.69) is 5.32 Å². The average molecular weight is 392 g/mol. The van der Waals surface area contributed by atoms with Gasteiger partial charge in [0.1, 0.15) is 0 Å². The number of sulfone groups is 2. The summed E-state index contributed by atoms with van der Waals surface area (Å²) in [5.41, 5.74) is 1.02. The lowest BCUT2D eigenvalue weighted by molar-refractivity contribution is -0.0995. The number of aryl methyl sites for hydroxylation is 1. The van der Waals surface area contributed by atoms with Gasteiger partial charge in [0.15, 0.2) is 26.0 Å². The first-order valence-electron chi connectivity index (χ1n) is 8.05. The Kier molecular flexibility index (Phi) is 6.61. The Bertz CT molecular complexity index is 769. The van der Waals surface area contributed by atoms with Crippen molar-refractivity contribution >= 4 is 19.7 Å². The molecule has 0 aliphatic carbocycles. The van der Waals surface area contributed by atoms with E-state index in [4.69, 9.17) is 9.47 Å². The molecule has 0 aromatic heterocycles. The highest BCUT2D eigenvalue weighted by atomic mass is 32.2. The molecule has 1 aromatic rings. The quantitative estimate of drug-likeness (QED) is 0.640. The highest BCUT2D eigenvalue weighted by Gasteiger charge is 2.45.